The Labute approximate surface area is 187 Å². The van der Waals surface area contributed by atoms with Crippen LogP contribution in [0.4, 0.5) is 0 Å². The number of ketones is 1. The highest BCUT2D eigenvalue weighted by molar-refractivity contribution is 7.89. The fraction of sp³-hybridized carbons (Fsp3) is 0.154. The van der Waals surface area contributed by atoms with Crippen LogP contribution in [0.15, 0.2) is 96.0 Å². The Bertz CT molecular complexity index is 1400. The summed E-state index contributed by atoms with van der Waals surface area (Å²) in [5.74, 6) is -0.101. The second kappa shape index (κ2) is 8.30. The van der Waals surface area contributed by atoms with Gasteiger partial charge in [0, 0.05) is 24.5 Å². The summed E-state index contributed by atoms with van der Waals surface area (Å²) in [6.07, 6.45) is 2.13. The molecule has 32 heavy (non-hydrogen) atoms. The third kappa shape index (κ3) is 3.72. The number of hydrogen-bond donors (Lipinski definition) is 0. The fourth-order valence-corrected chi connectivity index (χ4v) is 6.10. The lowest BCUT2D eigenvalue weighted by molar-refractivity contribution is -0.121. The minimum absolute atomic E-state index is 0.101. The second-order valence-electron chi connectivity index (χ2n) is 8.00. The first-order chi connectivity index (χ1) is 15.5. The Morgan fingerprint density at radius 2 is 1.56 bits per heavy atom. The number of para-hydroxylation sites is 1. The standard InChI is InChI=1S/C26H22N2O3S/c29-24-17-21-10-4-5-11-22(21)18-28(23(24)16-19-8-2-1-3-9-19)32(30,31)25-14-6-12-20-13-7-15-27-26(20)25/h1-15,23H,16-18H2/t23-/m0/s1. The molecule has 2 heterocycles. The van der Waals surface area contributed by atoms with E-state index in [0.29, 0.717) is 11.9 Å². The number of fused-ring (bicyclic) bond motifs is 2. The summed E-state index contributed by atoms with van der Waals surface area (Å²) >= 11 is 0. The van der Waals surface area contributed by atoms with E-state index in [1.54, 1.807) is 24.4 Å². The van der Waals surface area contributed by atoms with E-state index in [-0.39, 0.29) is 23.6 Å². The first-order valence-corrected chi connectivity index (χ1v) is 12.0. The first-order valence-electron chi connectivity index (χ1n) is 10.5. The van der Waals surface area contributed by atoms with Gasteiger partial charge in [-0.25, -0.2) is 8.42 Å². The molecule has 5 nitrogen and oxygen atoms in total. The molecular formula is C26H22N2O3S. The van der Waals surface area contributed by atoms with Gasteiger partial charge in [-0.15, -0.1) is 0 Å². The third-order valence-corrected chi connectivity index (χ3v) is 7.87. The highest BCUT2D eigenvalue weighted by atomic mass is 32.2. The molecule has 0 aliphatic carbocycles. The summed E-state index contributed by atoms with van der Waals surface area (Å²) in [6.45, 7) is 0.144. The molecule has 1 aliphatic heterocycles. The number of pyridine rings is 1. The van der Waals surface area contributed by atoms with E-state index in [9.17, 15) is 13.2 Å². The summed E-state index contributed by atoms with van der Waals surface area (Å²) in [4.78, 5) is 17.9. The molecule has 1 aliphatic rings. The molecule has 0 bridgehead atoms. The van der Waals surface area contributed by atoms with Gasteiger partial charge in [-0.2, -0.15) is 4.31 Å². The van der Waals surface area contributed by atoms with Gasteiger partial charge in [0.25, 0.3) is 0 Å². The Balaban J connectivity index is 1.66. The SMILES string of the molecule is O=C1Cc2ccccc2CN(S(=O)(=O)c2cccc3cccnc23)[C@H]1Cc1ccccc1. The fourth-order valence-electron chi connectivity index (χ4n) is 4.34. The van der Waals surface area contributed by atoms with Crippen molar-refractivity contribution in [1.82, 2.24) is 9.29 Å². The molecule has 0 spiro atoms. The van der Waals surface area contributed by atoms with E-state index in [4.69, 9.17) is 0 Å². The summed E-state index contributed by atoms with van der Waals surface area (Å²) in [6, 6.07) is 25.1. The summed E-state index contributed by atoms with van der Waals surface area (Å²) in [5.41, 5.74) is 3.07. The maximum atomic E-state index is 14.0. The lowest BCUT2D eigenvalue weighted by Crippen LogP contribution is -2.45. The summed E-state index contributed by atoms with van der Waals surface area (Å²) in [5, 5.41) is 0.745. The van der Waals surface area contributed by atoms with Crippen molar-refractivity contribution in [2.24, 2.45) is 0 Å². The van der Waals surface area contributed by atoms with Crippen LogP contribution in [0.25, 0.3) is 10.9 Å². The molecule has 160 valence electrons. The van der Waals surface area contributed by atoms with E-state index < -0.39 is 16.1 Å². The predicted octanol–water partition coefficient (Wildman–Crippen LogP) is 4.16. The van der Waals surface area contributed by atoms with Crippen molar-refractivity contribution in [3.8, 4) is 0 Å². The molecule has 0 radical (unpaired) electrons. The molecule has 0 fully saturated rings. The number of aromatic nitrogens is 1. The summed E-state index contributed by atoms with van der Waals surface area (Å²) in [7, 11) is -4.01. The van der Waals surface area contributed by atoms with E-state index >= 15 is 0 Å². The Morgan fingerprint density at radius 3 is 2.38 bits per heavy atom. The predicted molar refractivity (Wildman–Crippen MR) is 124 cm³/mol. The minimum Gasteiger partial charge on any atom is -0.298 e. The van der Waals surface area contributed by atoms with Crippen LogP contribution in [0.5, 0.6) is 0 Å². The largest absolute Gasteiger partial charge is 0.298 e. The van der Waals surface area contributed by atoms with Crippen molar-refractivity contribution in [1.29, 1.82) is 0 Å². The number of sulfonamides is 1. The van der Waals surface area contributed by atoms with Crippen LogP contribution in [0.3, 0.4) is 0 Å². The summed E-state index contributed by atoms with van der Waals surface area (Å²) < 4.78 is 29.5. The normalized spacial score (nSPS) is 17.1. The van der Waals surface area contributed by atoms with Gasteiger partial charge in [-0.05, 0) is 35.2 Å². The van der Waals surface area contributed by atoms with Gasteiger partial charge in [0.1, 0.15) is 4.90 Å². The Kier molecular flexibility index (Phi) is 5.33. The first kappa shape index (κ1) is 20.5. The average Bonchev–Trinajstić information content (AvgIpc) is 2.96. The lowest BCUT2D eigenvalue weighted by Gasteiger charge is -2.29. The quantitative estimate of drug-likeness (QED) is 0.476. The van der Waals surface area contributed by atoms with Gasteiger partial charge in [0.2, 0.25) is 10.0 Å². The molecule has 0 amide bonds. The zero-order chi connectivity index (χ0) is 22.1. The number of carbonyl (C=O) groups excluding carboxylic acids is 1. The minimum atomic E-state index is -4.01. The maximum absolute atomic E-state index is 14.0. The van der Waals surface area contributed by atoms with Crippen molar-refractivity contribution < 1.29 is 13.2 Å². The van der Waals surface area contributed by atoms with Gasteiger partial charge < -0.3 is 0 Å². The molecule has 0 saturated heterocycles. The smallest absolute Gasteiger partial charge is 0.246 e. The van der Waals surface area contributed by atoms with Crippen LogP contribution < -0.4 is 0 Å². The van der Waals surface area contributed by atoms with Gasteiger partial charge >= 0.3 is 0 Å². The molecule has 1 aromatic heterocycles. The zero-order valence-electron chi connectivity index (χ0n) is 17.4. The lowest BCUT2D eigenvalue weighted by atomic mass is 9.98. The van der Waals surface area contributed by atoms with E-state index in [1.807, 2.05) is 66.7 Å². The Hall–Kier alpha value is -3.35. The van der Waals surface area contributed by atoms with Crippen molar-refractivity contribution >= 4 is 26.7 Å². The number of nitrogens with zero attached hydrogens (tertiary/aromatic N) is 2. The van der Waals surface area contributed by atoms with Crippen molar-refractivity contribution in [3.63, 3.8) is 0 Å². The van der Waals surface area contributed by atoms with Crippen LogP contribution in [0, 0.1) is 0 Å². The third-order valence-electron chi connectivity index (χ3n) is 5.98. The zero-order valence-corrected chi connectivity index (χ0v) is 18.2. The van der Waals surface area contributed by atoms with E-state index in [2.05, 4.69) is 4.98 Å². The van der Waals surface area contributed by atoms with Crippen molar-refractivity contribution in [3.05, 3.63) is 108 Å². The molecule has 0 unspecified atom stereocenters. The molecule has 5 rings (SSSR count). The van der Waals surface area contributed by atoms with E-state index in [1.165, 1.54) is 4.31 Å². The Morgan fingerprint density at radius 1 is 0.844 bits per heavy atom. The van der Waals surface area contributed by atoms with Gasteiger partial charge in [0.15, 0.2) is 5.78 Å². The van der Waals surface area contributed by atoms with Crippen molar-refractivity contribution in [2.45, 2.75) is 30.3 Å². The van der Waals surface area contributed by atoms with Crippen LogP contribution in [-0.4, -0.2) is 29.5 Å². The van der Waals surface area contributed by atoms with Gasteiger partial charge in [0.05, 0.1) is 11.6 Å². The highest BCUT2D eigenvalue weighted by Gasteiger charge is 2.39. The molecular weight excluding hydrogens is 420 g/mol. The van der Waals surface area contributed by atoms with Crippen LogP contribution in [-0.2, 0) is 34.2 Å². The second-order valence-corrected chi connectivity index (χ2v) is 9.86. The number of rotatable bonds is 4. The average molecular weight is 443 g/mol. The molecule has 1 atom stereocenters. The topological polar surface area (TPSA) is 67.3 Å². The van der Waals surface area contributed by atoms with E-state index in [0.717, 1.165) is 22.1 Å². The maximum Gasteiger partial charge on any atom is 0.246 e. The number of carbonyl (C=O) groups is 1. The molecule has 0 saturated carbocycles. The monoisotopic (exact) mass is 442 g/mol. The van der Waals surface area contributed by atoms with Crippen LogP contribution >= 0.6 is 0 Å². The van der Waals surface area contributed by atoms with Crippen molar-refractivity contribution in [2.75, 3.05) is 0 Å². The van der Waals surface area contributed by atoms with Gasteiger partial charge in [-0.1, -0.05) is 72.8 Å². The molecule has 4 aromatic rings. The highest BCUT2D eigenvalue weighted by Crippen LogP contribution is 2.31. The molecule has 0 N–H and O–H groups in total. The van der Waals surface area contributed by atoms with Gasteiger partial charge in [-0.3, -0.25) is 9.78 Å². The number of benzene rings is 3. The number of Topliss-reactive ketones (excluding diaryl/α,β-unsaturated/α-hetero) is 1. The molecule has 3 aromatic carbocycles. The van der Waals surface area contributed by atoms with Crippen LogP contribution in [0.2, 0.25) is 0 Å². The molecule has 6 heteroatoms. The number of hydrogen-bond acceptors (Lipinski definition) is 4. The van der Waals surface area contributed by atoms with Crippen LogP contribution in [0.1, 0.15) is 16.7 Å².